The second kappa shape index (κ2) is 5.20. The second-order valence-corrected chi connectivity index (χ2v) is 5.26. The van der Waals surface area contributed by atoms with Crippen LogP contribution in [0.15, 0.2) is 38.3 Å². The molecule has 0 atom stereocenters. The third kappa shape index (κ3) is 2.88. The summed E-state index contributed by atoms with van der Waals surface area (Å²) in [6.45, 7) is 0. The monoisotopic (exact) mass is 377 g/mol. The largest absolute Gasteiger partial charge is 0.338 e. The summed E-state index contributed by atoms with van der Waals surface area (Å²) in [4.78, 5) is 17.8. The third-order valence-corrected chi connectivity index (χ3v) is 3.54. The van der Waals surface area contributed by atoms with E-state index in [1.165, 1.54) is 6.33 Å². The van der Waals surface area contributed by atoms with Crippen molar-refractivity contribution in [3.05, 3.63) is 48.8 Å². The van der Waals surface area contributed by atoms with Gasteiger partial charge in [0.2, 0.25) is 0 Å². The van der Waals surface area contributed by atoms with Gasteiger partial charge >= 0.3 is 0 Å². The Kier molecular flexibility index (Phi) is 3.86. The van der Waals surface area contributed by atoms with E-state index in [9.17, 15) is 4.79 Å². The molecule has 0 aliphatic rings. The number of hydrogen-bond acceptors (Lipinski definition) is 3. The van der Waals surface area contributed by atoms with Gasteiger partial charge in [0.1, 0.15) is 4.47 Å². The van der Waals surface area contributed by atoms with Crippen LogP contribution in [0.2, 0.25) is 5.02 Å². The average molecular weight is 379 g/mol. The molecule has 4 nitrogen and oxygen atoms in total. The lowest BCUT2D eigenvalue weighted by molar-refractivity contribution is 1.10. The molecule has 2 N–H and O–H groups in total. The number of hydrogen-bond donors (Lipinski definition) is 2. The molecule has 0 radical (unpaired) electrons. The maximum absolute atomic E-state index is 11.4. The first-order chi connectivity index (χ1) is 8.08. The number of H-pyrrole nitrogens is 1. The lowest BCUT2D eigenvalue weighted by Gasteiger charge is -2.08. The average Bonchev–Trinajstić information content (AvgIpc) is 2.30. The van der Waals surface area contributed by atoms with Gasteiger partial charge in [-0.25, -0.2) is 4.98 Å². The van der Waals surface area contributed by atoms with Crippen molar-refractivity contribution in [2.24, 2.45) is 0 Å². The fourth-order valence-corrected chi connectivity index (χ4v) is 2.03. The molecule has 88 valence electrons. The van der Waals surface area contributed by atoms with Gasteiger partial charge in [0, 0.05) is 4.47 Å². The molecule has 0 amide bonds. The van der Waals surface area contributed by atoms with Gasteiger partial charge in [0.25, 0.3) is 5.56 Å². The van der Waals surface area contributed by atoms with E-state index in [1.807, 2.05) is 6.07 Å². The highest BCUT2D eigenvalue weighted by Crippen LogP contribution is 2.29. The molecule has 7 heteroatoms. The normalized spacial score (nSPS) is 10.3. The summed E-state index contributed by atoms with van der Waals surface area (Å²) >= 11 is 12.5. The minimum absolute atomic E-state index is 0.256. The Morgan fingerprint density at radius 3 is 2.88 bits per heavy atom. The molecule has 0 saturated carbocycles. The first-order valence-electron chi connectivity index (χ1n) is 4.53. The van der Waals surface area contributed by atoms with E-state index >= 15 is 0 Å². The van der Waals surface area contributed by atoms with Gasteiger partial charge in [-0.2, -0.15) is 0 Å². The summed E-state index contributed by atoms with van der Waals surface area (Å²) in [5, 5.41) is 3.53. The first kappa shape index (κ1) is 12.6. The van der Waals surface area contributed by atoms with Gasteiger partial charge in [-0.1, -0.05) is 27.5 Å². The van der Waals surface area contributed by atoms with Gasteiger partial charge < -0.3 is 10.3 Å². The fourth-order valence-electron chi connectivity index (χ4n) is 1.19. The number of halogens is 3. The molecule has 0 spiro atoms. The molecule has 0 aliphatic heterocycles. The zero-order valence-electron chi connectivity index (χ0n) is 8.30. The van der Waals surface area contributed by atoms with Crippen LogP contribution in [0.1, 0.15) is 0 Å². The van der Waals surface area contributed by atoms with E-state index in [-0.39, 0.29) is 5.56 Å². The topological polar surface area (TPSA) is 57.8 Å². The molecule has 17 heavy (non-hydrogen) atoms. The number of aromatic nitrogens is 2. The van der Waals surface area contributed by atoms with E-state index in [1.54, 1.807) is 12.1 Å². The highest BCUT2D eigenvalue weighted by Gasteiger charge is 2.07. The quantitative estimate of drug-likeness (QED) is 0.837. The van der Waals surface area contributed by atoms with Gasteiger partial charge in [-0.3, -0.25) is 4.79 Å². The van der Waals surface area contributed by atoms with Crippen LogP contribution in [0.5, 0.6) is 0 Å². The standard InChI is InChI=1S/C10H6Br2ClN3O/c11-5-1-2-6(13)7(3-5)16-9-8(12)10(17)15-4-14-9/h1-4H,(H2,14,15,16,17). The van der Waals surface area contributed by atoms with E-state index < -0.39 is 0 Å². The Bertz CT molecular complexity index is 615. The number of nitrogens with one attached hydrogen (secondary N) is 2. The summed E-state index contributed by atoms with van der Waals surface area (Å²) in [6, 6.07) is 5.38. The van der Waals surface area contributed by atoms with E-state index in [0.717, 1.165) is 4.47 Å². The van der Waals surface area contributed by atoms with Crippen LogP contribution in [-0.4, -0.2) is 9.97 Å². The van der Waals surface area contributed by atoms with E-state index in [0.29, 0.717) is 21.0 Å². The van der Waals surface area contributed by atoms with Crippen molar-refractivity contribution in [3.63, 3.8) is 0 Å². The Balaban J connectivity index is 2.41. The summed E-state index contributed by atoms with van der Waals surface area (Å²) in [5.74, 6) is 0.411. The van der Waals surface area contributed by atoms with Crippen LogP contribution in [0.25, 0.3) is 0 Å². The Morgan fingerprint density at radius 2 is 2.12 bits per heavy atom. The number of benzene rings is 1. The summed E-state index contributed by atoms with van der Waals surface area (Å²) in [7, 11) is 0. The smallest absolute Gasteiger partial charge is 0.267 e. The highest BCUT2D eigenvalue weighted by molar-refractivity contribution is 9.10. The van der Waals surface area contributed by atoms with Crippen molar-refractivity contribution < 1.29 is 0 Å². The van der Waals surface area contributed by atoms with Crippen molar-refractivity contribution in [1.29, 1.82) is 0 Å². The van der Waals surface area contributed by atoms with Crippen LogP contribution in [0.4, 0.5) is 11.5 Å². The Labute approximate surface area is 119 Å². The van der Waals surface area contributed by atoms with Crippen molar-refractivity contribution in [2.45, 2.75) is 0 Å². The minimum atomic E-state index is -0.256. The number of aromatic amines is 1. The molecule has 1 aromatic carbocycles. The van der Waals surface area contributed by atoms with Crippen molar-refractivity contribution >= 4 is 55.0 Å². The van der Waals surface area contributed by atoms with Crippen molar-refractivity contribution in [1.82, 2.24) is 9.97 Å². The van der Waals surface area contributed by atoms with Crippen LogP contribution < -0.4 is 10.9 Å². The van der Waals surface area contributed by atoms with Gasteiger partial charge in [0.05, 0.1) is 17.0 Å². The first-order valence-corrected chi connectivity index (χ1v) is 6.49. The Hall–Kier alpha value is -0.850. The van der Waals surface area contributed by atoms with Crippen LogP contribution in [0, 0.1) is 0 Å². The maximum Gasteiger partial charge on any atom is 0.267 e. The molecule has 1 heterocycles. The maximum atomic E-state index is 11.4. The highest BCUT2D eigenvalue weighted by atomic mass is 79.9. The fraction of sp³-hybridized carbons (Fsp3) is 0. The van der Waals surface area contributed by atoms with Gasteiger partial charge in [-0.05, 0) is 34.1 Å². The minimum Gasteiger partial charge on any atom is -0.338 e. The molecule has 0 aliphatic carbocycles. The van der Waals surface area contributed by atoms with Crippen LogP contribution >= 0.6 is 43.5 Å². The molecule has 1 aromatic heterocycles. The zero-order valence-corrected chi connectivity index (χ0v) is 12.2. The van der Waals surface area contributed by atoms with Crippen molar-refractivity contribution in [2.75, 3.05) is 5.32 Å². The molecule has 0 fully saturated rings. The molecule has 0 saturated heterocycles. The third-order valence-electron chi connectivity index (χ3n) is 1.98. The van der Waals surface area contributed by atoms with E-state index in [4.69, 9.17) is 11.6 Å². The molecular weight excluding hydrogens is 373 g/mol. The predicted octanol–water partition coefficient (Wildman–Crippen LogP) is 3.69. The number of rotatable bonds is 2. The lowest BCUT2D eigenvalue weighted by atomic mass is 10.3. The second-order valence-electron chi connectivity index (χ2n) is 3.14. The zero-order chi connectivity index (χ0) is 12.4. The summed E-state index contributed by atoms with van der Waals surface area (Å²) in [5.41, 5.74) is 0.411. The van der Waals surface area contributed by atoms with Crippen LogP contribution in [-0.2, 0) is 0 Å². The summed E-state index contributed by atoms with van der Waals surface area (Å²) < 4.78 is 1.21. The predicted molar refractivity (Wildman–Crippen MR) is 75.0 cm³/mol. The van der Waals surface area contributed by atoms with Gasteiger partial charge in [0.15, 0.2) is 5.82 Å². The summed E-state index contributed by atoms with van der Waals surface area (Å²) in [6.07, 6.45) is 1.32. The SMILES string of the molecule is O=c1[nH]cnc(Nc2cc(Br)ccc2Cl)c1Br. The molecule has 0 unspecified atom stereocenters. The Morgan fingerprint density at radius 1 is 1.35 bits per heavy atom. The van der Waals surface area contributed by atoms with E-state index in [2.05, 4.69) is 47.1 Å². The molecule has 2 rings (SSSR count). The van der Waals surface area contributed by atoms with Crippen molar-refractivity contribution in [3.8, 4) is 0 Å². The number of anilines is 2. The van der Waals surface area contributed by atoms with Crippen LogP contribution in [0.3, 0.4) is 0 Å². The molecular formula is C10H6Br2ClN3O. The van der Waals surface area contributed by atoms with Gasteiger partial charge in [-0.15, -0.1) is 0 Å². The lowest BCUT2D eigenvalue weighted by Crippen LogP contribution is -2.10. The molecule has 0 bridgehead atoms. The number of nitrogens with zero attached hydrogens (tertiary/aromatic N) is 1. The molecule has 2 aromatic rings.